The van der Waals surface area contributed by atoms with Gasteiger partial charge in [-0.3, -0.25) is 52.7 Å². The monoisotopic (exact) mass is 1320 g/mol. The van der Waals surface area contributed by atoms with Gasteiger partial charge in [0, 0.05) is 25.9 Å². The van der Waals surface area contributed by atoms with Crippen molar-refractivity contribution in [2.45, 2.75) is 185 Å². The number of carboxylic acids is 1. The number of carbonyl (C=O) groups excluding carboxylic acids is 11. The van der Waals surface area contributed by atoms with Crippen LogP contribution >= 0.6 is 11.8 Å². The van der Waals surface area contributed by atoms with E-state index in [-0.39, 0.29) is 57.5 Å². The van der Waals surface area contributed by atoms with Crippen LogP contribution < -0.4 is 53.6 Å². The number of nitrogens with one attached hydrogen (secondary N) is 9. The number of nitrogens with zero attached hydrogens (tertiary/aromatic N) is 2. The normalized spacial score (nSPS) is 18.5. The van der Waals surface area contributed by atoms with Crippen LogP contribution in [-0.4, -0.2) is 230 Å². The molecule has 0 aliphatic carbocycles. The second kappa shape index (κ2) is 38.4. The molecular formula is C63H96N12O17S. The lowest BCUT2D eigenvalue weighted by atomic mass is 9.96. The third-order valence-corrected chi connectivity index (χ3v) is 17.0. The third-order valence-electron chi connectivity index (χ3n) is 16.3. The average molecular weight is 1330 g/mol. The number of carbonyl (C=O) groups is 12. The molecule has 29 nitrogen and oxygen atoms in total. The summed E-state index contributed by atoms with van der Waals surface area (Å²) in [5, 5.41) is 73.8. The van der Waals surface area contributed by atoms with Crippen molar-refractivity contribution in [2.75, 3.05) is 44.9 Å². The third kappa shape index (κ3) is 23.3. The van der Waals surface area contributed by atoms with Gasteiger partial charge in [0.2, 0.25) is 65.0 Å². The number of thioether (sulfide) groups is 1. The van der Waals surface area contributed by atoms with Crippen molar-refractivity contribution < 1.29 is 83.1 Å². The topological polar surface area (TPSA) is 447 Å². The molecule has 0 aromatic heterocycles. The van der Waals surface area contributed by atoms with Gasteiger partial charge in [0.15, 0.2) is 0 Å². The molecule has 0 spiro atoms. The maximum absolute atomic E-state index is 14.4. The molecule has 2 aromatic carbocycles. The SMILES string of the molecule is CC[C@H](C)[C@H](NC(=O)[C@H](CO)NC(=O)[C@H](Cc1ccccc1)NC(=O)[C@H](CO)NC(=O)[C@@H](N)[C@@H](C)O)C(=O)N[C@@H](CC(C)C)C(=O)N[C@@H](CCSC)C(=O)N[C@@H](CO)C(=O)N1CCC[C@H]1C(=O)N[C@@H](Cc1ccccc1)C(=O)N[C@H](C(=O)N1CCC[C@H]1C(=O)O)C(C)C. The molecule has 2 aromatic rings. The van der Waals surface area contributed by atoms with Gasteiger partial charge in [-0.2, -0.15) is 11.8 Å². The molecular weight excluding hydrogens is 1230 g/mol. The molecule has 2 fully saturated rings. The first-order valence-corrected chi connectivity index (χ1v) is 32.9. The Balaban J connectivity index is 1.50. The van der Waals surface area contributed by atoms with Crippen molar-refractivity contribution in [3.63, 3.8) is 0 Å². The van der Waals surface area contributed by atoms with Crippen molar-refractivity contribution in [1.82, 2.24) is 57.7 Å². The lowest BCUT2D eigenvalue weighted by Gasteiger charge is -2.32. The molecule has 2 aliphatic heterocycles. The minimum Gasteiger partial charge on any atom is -0.480 e. The lowest BCUT2D eigenvalue weighted by molar-refractivity contribution is -0.150. The second-order valence-electron chi connectivity index (χ2n) is 24.4. The van der Waals surface area contributed by atoms with Crippen LogP contribution in [0.5, 0.6) is 0 Å². The molecule has 0 unspecified atom stereocenters. The van der Waals surface area contributed by atoms with Gasteiger partial charge in [0.05, 0.1) is 25.9 Å². The van der Waals surface area contributed by atoms with E-state index in [2.05, 4.69) is 47.9 Å². The van der Waals surface area contributed by atoms with Gasteiger partial charge < -0.3 is 88.9 Å². The predicted octanol–water partition coefficient (Wildman–Crippen LogP) is -2.91. The first-order valence-electron chi connectivity index (χ1n) is 31.5. The standard InChI is InChI=1S/C63H96N12O17S/c1-9-36(6)51(73-57(85)45(32-77)69-54(82)42(29-38-18-12-10-13-19-38)66-56(84)44(31-76)70-59(87)49(64)37(7)79)60(88)68-41(28-34(2)3)53(81)65-40(24-27-93-8)52(80)71-46(33-78)61(89)74-25-16-22-47(74)58(86)67-43(30-39-20-14-11-15-21-39)55(83)72-50(35(4)5)62(90)75-26-17-23-48(75)63(91)92/h10-15,18-21,34-37,40-51,76-79H,9,16-17,22-33,64H2,1-8H3,(H,65,81)(H,66,84)(H,67,86)(H,68,88)(H,69,82)(H,70,87)(H,71,80)(H,72,83)(H,73,85)(H,91,92)/t36-,37+,40-,41-,42-,43-,44-,45-,46-,47-,48-,49-,50-,51-/m0/s1. The quantitative estimate of drug-likeness (QED) is 0.0322. The summed E-state index contributed by atoms with van der Waals surface area (Å²) in [6.45, 7) is 8.89. The molecule has 2 heterocycles. The zero-order valence-electron chi connectivity index (χ0n) is 54.1. The van der Waals surface area contributed by atoms with Crippen LogP contribution in [0.25, 0.3) is 0 Å². The van der Waals surface area contributed by atoms with E-state index in [0.29, 0.717) is 36.1 Å². The number of amides is 11. The van der Waals surface area contributed by atoms with Crippen molar-refractivity contribution in [2.24, 2.45) is 23.5 Å². The zero-order chi connectivity index (χ0) is 69.2. The fraction of sp³-hybridized carbons (Fsp3) is 0.619. The highest BCUT2D eigenvalue weighted by molar-refractivity contribution is 7.98. The van der Waals surface area contributed by atoms with Gasteiger partial charge in [0.25, 0.3) is 0 Å². The Morgan fingerprint density at radius 3 is 1.44 bits per heavy atom. The molecule has 30 heteroatoms. The van der Waals surface area contributed by atoms with Crippen molar-refractivity contribution >= 4 is 82.7 Å². The smallest absolute Gasteiger partial charge is 0.326 e. The summed E-state index contributed by atoms with van der Waals surface area (Å²) >= 11 is 1.34. The van der Waals surface area contributed by atoms with Gasteiger partial charge in [-0.1, -0.05) is 109 Å². The van der Waals surface area contributed by atoms with E-state index >= 15 is 0 Å². The molecule has 16 N–H and O–H groups in total. The van der Waals surface area contributed by atoms with Crippen LogP contribution in [0.15, 0.2) is 60.7 Å². The van der Waals surface area contributed by atoms with Crippen LogP contribution in [0.2, 0.25) is 0 Å². The molecule has 0 bridgehead atoms. The van der Waals surface area contributed by atoms with E-state index in [9.17, 15) is 83.1 Å². The number of aliphatic hydroxyl groups excluding tert-OH is 4. The van der Waals surface area contributed by atoms with E-state index < -0.39 is 181 Å². The van der Waals surface area contributed by atoms with Crippen LogP contribution in [0.4, 0.5) is 0 Å². The molecule has 11 amide bonds. The fourth-order valence-electron chi connectivity index (χ4n) is 10.7. The Labute approximate surface area is 546 Å². The number of hydrogen-bond donors (Lipinski definition) is 15. The number of nitrogens with two attached hydrogens (primary N) is 1. The number of benzene rings is 2. The van der Waals surface area contributed by atoms with E-state index in [1.165, 1.54) is 28.5 Å². The summed E-state index contributed by atoms with van der Waals surface area (Å²) in [6, 6.07) is 0.379. The number of rotatable bonds is 37. The van der Waals surface area contributed by atoms with Gasteiger partial charge in [-0.15, -0.1) is 0 Å². The summed E-state index contributed by atoms with van der Waals surface area (Å²) in [5.41, 5.74) is 6.88. The van der Waals surface area contributed by atoms with Gasteiger partial charge in [-0.25, -0.2) is 4.79 Å². The Morgan fingerprint density at radius 1 is 0.527 bits per heavy atom. The van der Waals surface area contributed by atoms with E-state index in [1.807, 2.05) is 0 Å². The van der Waals surface area contributed by atoms with Crippen LogP contribution in [0.1, 0.15) is 105 Å². The number of aliphatic hydroxyl groups is 4. The maximum Gasteiger partial charge on any atom is 0.326 e. The molecule has 14 atom stereocenters. The largest absolute Gasteiger partial charge is 0.480 e. The second-order valence-corrected chi connectivity index (χ2v) is 25.3. The first kappa shape index (κ1) is 77.7. The Hall–Kier alpha value is -7.77. The highest BCUT2D eigenvalue weighted by atomic mass is 32.2. The Morgan fingerprint density at radius 2 is 0.946 bits per heavy atom. The summed E-state index contributed by atoms with van der Waals surface area (Å²) < 4.78 is 0. The molecule has 0 radical (unpaired) electrons. The first-order chi connectivity index (χ1) is 44.1. The highest BCUT2D eigenvalue weighted by Crippen LogP contribution is 2.23. The number of aliphatic carboxylic acids is 1. The molecule has 516 valence electrons. The number of likely N-dealkylation sites (tertiary alicyclic amines) is 2. The van der Waals surface area contributed by atoms with E-state index in [1.54, 1.807) is 108 Å². The molecule has 4 rings (SSSR count). The number of carboxylic acid groups (broad SMARTS) is 1. The van der Waals surface area contributed by atoms with Crippen LogP contribution in [0, 0.1) is 17.8 Å². The van der Waals surface area contributed by atoms with Crippen molar-refractivity contribution in [3.05, 3.63) is 71.8 Å². The van der Waals surface area contributed by atoms with Gasteiger partial charge in [0.1, 0.15) is 72.5 Å². The molecule has 2 aliphatic rings. The van der Waals surface area contributed by atoms with E-state index in [4.69, 9.17) is 5.73 Å². The summed E-state index contributed by atoms with van der Waals surface area (Å²) in [5.74, 6) is -11.7. The van der Waals surface area contributed by atoms with Gasteiger partial charge >= 0.3 is 5.97 Å². The lowest BCUT2D eigenvalue weighted by Crippen LogP contribution is -2.62. The van der Waals surface area contributed by atoms with Crippen LogP contribution in [-0.2, 0) is 70.4 Å². The molecule has 0 saturated carbocycles. The Kier molecular flexibility index (Phi) is 32.1. The summed E-state index contributed by atoms with van der Waals surface area (Å²) in [7, 11) is 0. The minimum absolute atomic E-state index is 0.00142. The van der Waals surface area contributed by atoms with E-state index in [0.717, 1.165) is 0 Å². The average Bonchev–Trinajstić information content (AvgIpc) is 2.17. The van der Waals surface area contributed by atoms with Crippen LogP contribution in [0.3, 0.4) is 0 Å². The fourth-order valence-corrected chi connectivity index (χ4v) is 11.2. The molecule has 93 heavy (non-hydrogen) atoms. The van der Waals surface area contributed by atoms with Crippen molar-refractivity contribution in [3.8, 4) is 0 Å². The zero-order valence-corrected chi connectivity index (χ0v) is 54.9. The summed E-state index contributed by atoms with van der Waals surface area (Å²) in [6.07, 6.45) is 1.72. The highest BCUT2D eigenvalue weighted by Gasteiger charge is 2.43. The molecule has 2 saturated heterocycles. The van der Waals surface area contributed by atoms with Gasteiger partial charge in [-0.05, 0) is 86.3 Å². The van der Waals surface area contributed by atoms with Crippen molar-refractivity contribution in [1.29, 1.82) is 0 Å². The predicted molar refractivity (Wildman–Crippen MR) is 342 cm³/mol. The Bertz CT molecular complexity index is 2860. The summed E-state index contributed by atoms with van der Waals surface area (Å²) in [4.78, 5) is 168. The minimum atomic E-state index is -1.73. The maximum atomic E-state index is 14.4. The number of hydrogen-bond acceptors (Lipinski definition) is 18.